The molecule has 3 aromatic rings. The molecule has 1 aliphatic carbocycles. The van der Waals surface area contributed by atoms with E-state index in [2.05, 4.69) is 24.8 Å². The third kappa shape index (κ3) is 3.49. The van der Waals surface area contributed by atoms with Crippen LogP contribution in [0.4, 0.5) is 5.95 Å². The number of imidazole rings is 2. The van der Waals surface area contributed by atoms with Crippen molar-refractivity contribution in [2.24, 2.45) is 14.1 Å². The maximum absolute atomic E-state index is 12.9. The minimum atomic E-state index is -3.58. The molecule has 0 radical (unpaired) electrons. The van der Waals surface area contributed by atoms with Crippen LogP contribution in [0, 0.1) is 13.8 Å². The molecule has 0 atom stereocenters. The number of anilines is 1. The van der Waals surface area contributed by atoms with Crippen LogP contribution in [0.3, 0.4) is 0 Å². The van der Waals surface area contributed by atoms with Gasteiger partial charge in [-0.1, -0.05) is 0 Å². The largest absolute Gasteiger partial charge is 0.351 e. The molecule has 3 aromatic heterocycles. The van der Waals surface area contributed by atoms with Gasteiger partial charge in [-0.15, -0.1) is 0 Å². The summed E-state index contributed by atoms with van der Waals surface area (Å²) in [5.74, 6) is 2.24. The quantitative estimate of drug-likeness (QED) is 0.635. The second-order valence-corrected chi connectivity index (χ2v) is 10.5. The highest BCUT2D eigenvalue weighted by Gasteiger charge is 2.32. The molecule has 1 N–H and O–H groups in total. The van der Waals surface area contributed by atoms with Gasteiger partial charge in [0.2, 0.25) is 5.95 Å². The predicted molar refractivity (Wildman–Crippen MR) is 120 cm³/mol. The molecule has 11 heteroatoms. The molecule has 4 heterocycles. The van der Waals surface area contributed by atoms with E-state index < -0.39 is 10.0 Å². The first-order valence-corrected chi connectivity index (χ1v) is 12.3. The van der Waals surface area contributed by atoms with Gasteiger partial charge in [0.25, 0.3) is 10.0 Å². The van der Waals surface area contributed by atoms with Crippen molar-refractivity contribution in [2.45, 2.75) is 50.6 Å². The van der Waals surface area contributed by atoms with Crippen molar-refractivity contribution in [1.82, 2.24) is 33.4 Å². The van der Waals surface area contributed by atoms with Gasteiger partial charge in [0.1, 0.15) is 11.6 Å². The van der Waals surface area contributed by atoms with Crippen LogP contribution < -0.4 is 5.32 Å². The normalized spacial score (nSPS) is 17.2. The molecule has 0 saturated carbocycles. The number of rotatable bonds is 4. The van der Waals surface area contributed by atoms with Crippen molar-refractivity contribution >= 4 is 16.0 Å². The molecule has 2 aliphatic rings. The summed E-state index contributed by atoms with van der Waals surface area (Å²) >= 11 is 0. The third-order valence-electron chi connectivity index (χ3n) is 6.59. The molecule has 10 nitrogen and oxygen atoms in total. The number of hydrogen-bond donors (Lipinski definition) is 1. The summed E-state index contributed by atoms with van der Waals surface area (Å²) in [6.07, 6.45) is 6.64. The Bertz CT molecular complexity index is 1270. The van der Waals surface area contributed by atoms with E-state index in [4.69, 9.17) is 4.98 Å². The van der Waals surface area contributed by atoms with E-state index in [0.29, 0.717) is 37.7 Å². The second kappa shape index (κ2) is 7.66. The monoisotopic (exact) mass is 456 g/mol. The zero-order chi connectivity index (χ0) is 22.6. The van der Waals surface area contributed by atoms with E-state index in [0.717, 1.165) is 41.3 Å². The lowest BCUT2D eigenvalue weighted by atomic mass is 9.98. The fourth-order valence-electron chi connectivity index (χ4n) is 4.47. The fourth-order valence-corrected chi connectivity index (χ4v) is 5.97. The zero-order valence-corrected chi connectivity index (χ0v) is 19.6. The lowest BCUT2D eigenvalue weighted by molar-refractivity contribution is 0.328. The molecule has 0 aromatic carbocycles. The molecule has 0 spiro atoms. The Labute approximate surface area is 187 Å². The summed E-state index contributed by atoms with van der Waals surface area (Å²) in [4.78, 5) is 18.2. The van der Waals surface area contributed by atoms with Gasteiger partial charge in [0, 0.05) is 45.6 Å². The second-order valence-electron chi connectivity index (χ2n) is 8.64. The van der Waals surface area contributed by atoms with Crippen molar-refractivity contribution in [3.05, 3.63) is 35.3 Å². The van der Waals surface area contributed by atoms with Crippen molar-refractivity contribution in [3.63, 3.8) is 0 Å². The third-order valence-corrected chi connectivity index (χ3v) is 8.36. The SMILES string of the molecule is Cc1nc(S(=O)(=O)N2CCC(Nc3ncc4c(n3)-c3c(nc(C)n3C)CC4)CC2)cn1C. The average Bonchev–Trinajstić information content (AvgIpc) is 3.27. The Morgan fingerprint density at radius 1 is 1.03 bits per heavy atom. The van der Waals surface area contributed by atoms with Gasteiger partial charge in [0.15, 0.2) is 5.03 Å². The molecule has 5 rings (SSSR count). The van der Waals surface area contributed by atoms with Crippen LogP contribution in [0.5, 0.6) is 0 Å². The van der Waals surface area contributed by atoms with Crippen molar-refractivity contribution < 1.29 is 8.42 Å². The summed E-state index contributed by atoms with van der Waals surface area (Å²) in [6.45, 7) is 4.67. The van der Waals surface area contributed by atoms with Crippen molar-refractivity contribution in [3.8, 4) is 11.4 Å². The van der Waals surface area contributed by atoms with Gasteiger partial charge in [-0.3, -0.25) is 0 Å². The van der Waals surface area contributed by atoms with Crippen LogP contribution >= 0.6 is 0 Å². The maximum Gasteiger partial charge on any atom is 0.262 e. The Balaban J connectivity index is 1.29. The summed E-state index contributed by atoms with van der Waals surface area (Å²) in [6, 6.07) is 0.112. The smallest absolute Gasteiger partial charge is 0.262 e. The number of aryl methyl sites for hydroxylation is 5. The highest BCUT2D eigenvalue weighted by molar-refractivity contribution is 7.89. The van der Waals surface area contributed by atoms with Gasteiger partial charge >= 0.3 is 0 Å². The van der Waals surface area contributed by atoms with Crippen molar-refractivity contribution in [2.75, 3.05) is 18.4 Å². The number of piperidine rings is 1. The lowest BCUT2D eigenvalue weighted by Gasteiger charge is -2.31. The molecular formula is C21H28N8O2S. The predicted octanol–water partition coefficient (Wildman–Crippen LogP) is 1.59. The highest BCUT2D eigenvalue weighted by Crippen LogP contribution is 2.32. The maximum atomic E-state index is 12.9. The van der Waals surface area contributed by atoms with Crippen molar-refractivity contribution in [1.29, 1.82) is 0 Å². The first-order chi connectivity index (χ1) is 15.2. The number of hydrogen-bond acceptors (Lipinski definition) is 7. The van der Waals surface area contributed by atoms with E-state index in [-0.39, 0.29) is 11.1 Å². The Morgan fingerprint density at radius 3 is 2.47 bits per heavy atom. The van der Waals surface area contributed by atoms with E-state index in [1.165, 1.54) is 4.31 Å². The Morgan fingerprint density at radius 2 is 1.78 bits per heavy atom. The van der Waals surface area contributed by atoms with E-state index >= 15 is 0 Å². The molecule has 32 heavy (non-hydrogen) atoms. The van der Waals surface area contributed by atoms with Gasteiger partial charge in [-0.25, -0.2) is 28.4 Å². The molecule has 170 valence electrons. The van der Waals surface area contributed by atoms with Gasteiger partial charge in [-0.2, -0.15) is 4.31 Å². The fraction of sp³-hybridized carbons (Fsp3) is 0.524. The van der Waals surface area contributed by atoms with Gasteiger partial charge in [-0.05, 0) is 45.1 Å². The molecule has 1 aliphatic heterocycles. The number of nitrogens with zero attached hydrogens (tertiary/aromatic N) is 7. The molecular weight excluding hydrogens is 428 g/mol. The van der Waals surface area contributed by atoms with Crippen LogP contribution in [0.1, 0.15) is 35.7 Å². The molecule has 0 amide bonds. The molecule has 1 fully saturated rings. The number of nitrogens with one attached hydrogen (secondary N) is 1. The van der Waals surface area contributed by atoms with Crippen LogP contribution in [0.15, 0.2) is 17.4 Å². The molecule has 1 saturated heterocycles. The topological polar surface area (TPSA) is 111 Å². The zero-order valence-electron chi connectivity index (χ0n) is 18.8. The minimum absolute atomic E-state index is 0.112. The molecule has 0 unspecified atom stereocenters. The number of sulfonamides is 1. The van der Waals surface area contributed by atoms with E-state index in [1.54, 1.807) is 24.7 Å². The van der Waals surface area contributed by atoms with Crippen LogP contribution in [-0.2, 0) is 37.0 Å². The molecule has 0 bridgehead atoms. The average molecular weight is 457 g/mol. The minimum Gasteiger partial charge on any atom is -0.351 e. The number of aromatic nitrogens is 6. The highest BCUT2D eigenvalue weighted by atomic mass is 32.2. The summed E-state index contributed by atoms with van der Waals surface area (Å²) < 4.78 is 31.2. The van der Waals surface area contributed by atoms with Gasteiger partial charge in [0.05, 0.1) is 17.1 Å². The summed E-state index contributed by atoms with van der Waals surface area (Å²) in [7, 11) is 0.241. The first-order valence-electron chi connectivity index (χ1n) is 10.9. The van der Waals surface area contributed by atoms with Crippen LogP contribution in [0.25, 0.3) is 11.4 Å². The first kappa shape index (κ1) is 21.1. The lowest BCUT2D eigenvalue weighted by Crippen LogP contribution is -2.42. The Hall–Kier alpha value is -2.79. The Kier molecular flexibility index (Phi) is 5.05. The van der Waals surface area contributed by atoms with Gasteiger partial charge < -0.3 is 14.5 Å². The van der Waals surface area contributed by atoms with Crippen LogP contribution in [0.2, 0.25) is 0 Å². The summed E-state index contributed by atoms with van der Waals surface area (Å²) in [5, 5.41) is 3.53. The number of fused-ring (bicyclic) bond motifs is 3. The standard InChI is InChI=1S/C21H28N8O2S/c1-13-24-18(12-27(13)3)32(30,31)29-9-7-16(8-10-29)25-21-22-11-15-5-6-17-20(19(15)26-21)28(4)14(2)23-17/h11-12,16H,5-10H2,1-4H3,(H,22,25,26). The van der Waals surface area contributed by atoms with Crippen LogP contribution in [-0.4, -0.2) is 60.9 Å². The summed E-state index contributed by atoms with van der Waals surface area (Å²) in [5.41, 5.74) is 4.24. The van der Waals surface area contributed by atoms with E-state index in [9.17, 15) is 8.42 Å². The van der Waals surface area contributed by atoms with E-state index in [1.807, 2.05) is 20.2 Å².